The molecule has 1 aromatic heterocycles. The number of amides is 1. The molecule has 1 amide bonds. The maximum absolute atomic E-state index is 13.4. The van der Waals surface area contributed by atoms with Gasteiger partial charge in [-0.15, -0.1) is 0 Å². The van der Waals surface area contributed by atoms with Crippen LogP contribution in [0.3, 0.4) is 0 Å². The van der Waals surface area contributed by atoms with E-state index < -0.39 is 0 Å². The molecule has 0 atom stereocenters. The van der Waals surface area contributed by atoms with Crippen LogP contribution in [0.2, 0.25) is 0 Å². The van der Waals surface area contributed by atoms with E-state index in [1.54, 1.807) is 24.9 Å². The lowest BCUT2D eigenvalue weighted by atomic mass is 10.0. The van der Waals surface area contributed by atoms with Crippen molar-refractivity contribution >= 4 is 46.1 Å². The molecule has 0 N–H and O–H groups in total. The number of ether oxygens (including phenoxy) is 3. The van der Waals surface area contributed by atoms with Gasteiger partial charge >= 0.3 is 0 Å². The fourth-order valence-corrected chi connectivity index (χ4v) is 5.60. The molecule has 0 bridgehead atoms. The van der Waals surface area contributed by atoms with Gasteiger partial charge in [0.2, 0.25) is 6.79 Å². The first-order valence-corrected chi connectivity index (χ1v) is 12.2. The maximum atomic E-state index is 13.4. The molecule has 2 saturated heterocycles. The predicted molar refractivity (Wildman–Crippen MR) is 135 cm³/mol. The van der Waals surface area contributed by atoms with Crippen LogP contribution in [0.4, 0.5) is 5.82 Å². The summed E-state index contributed by atoms with van der Waals surface area (Å²) in [7, 11) is 1.65. The lowest BCUT2D eigenvalue weighted by Gasteiger charge is -2.32. The Morgan fingerprint density at radius 1 is 1.20 bits per heavy atom. The second-order valence-corrected chi connectivity index (χ2v) is 9.94. The molecular formula is C24H22N4O5S2. The normalized spacial score (nSPS) is 18.5. The number of anilines is 1. The Bertz CT molecular complexity index is 1370. The Hall–Kier alpha value is -3.33. The largest absolute Gasteiger partial charge is 0.454 e. The van der Waals surface area contributed by atoms with E-state index in [1.165, 1.54) is 16.3 Å². The summed E-state index contributed by atoms with van der Waals surface area (Å²) in [6, 6.07) is 7.56. The molecule has 5 rings (SSSR count). The van der Waals surface area contributed by atoms with Crippen LogP contribution < -0.4 is 19.9 Å². The number of thioether (sulfide) groups is 1. The first kappa shape index (κ1) is 23.4. The third-order valence-corrected chi connectivity index (χ3v) is 7.58. The Labute approximate surface area is 211 Å². The summed E-state index contributed by atoms with van der Waals surface area (Å²) in [5, 5.41) is 9.64. The van der Waals surface area contributed by atoms with Gasteiger partial charge < -0.3 is 19.1 Å². The molecule has 0 aliphatic carbocycles. The molecule has 3 aliphatic rings. The molecule has 2 aromatic rings. The summed E-state index contributed by atoms with van der Waals surface area (Å²) in [6.45, 7) is 4.48. The smallest absolute Gasteiger partial charge is 0.270 e. The van der Waals surface area contributed by atoms with E-state index in [4.69, 9.17) is 26.4 Å². The van der Waals surface area contributed by atoms with Gasteiger partial charge in [0.1, 0.15) is 21.8 Å². The minimum atomic E-state index is -0.362. The molecule has 0 unspecified atom stereocenters. The highest BCUT2D eigenvalue weighted by atomic mass is 32.2. The molecule has 3 aliphatic heterocycles. The van der Waals surface area contributed by atoms with Crippen LogP contribution >= 0.6 is 24.0 Å². The number of benzene rings is 1. The van der Waals surface area contributed by atoms with E-state index in [2.05, 4.69) is 4.90 Å². The zero-order valence-electron chi connectivity index (χ0n) is 19.2. The molecule has 180 valence electrons. The standard InChI is InChI=1S/C24H22N4O5S2/c1-14-16(21(27-5-7-31-8-6-27)26(2)22(29)17(14)11-25)10-20-23(30)28(24(34)35-20)12-15-3-4-18-19(9-15)33-13-32-18/h3-4,9-10H,5-8,12-13H2,1-2H3. The molecule has 11 heteroatoms. The van der Waals surface area contributed by atoms with Gasteiger partial charge in [-0.2, -0.15) is 5.26 Å². The molecular weight excluding hydrogens is 488 g/mol. The van der Waals surface area contributed by atoms with Crippen LogP contribution in [-0.4, -0.2) is 52.8 Å². The Morgan fingerprint density at radius 2 is 1.94 bits per heavy atom. The number of morpholine rings is 1. The van der Waals surface area contributed by atoms with Gasteiger partial charge in [-0.05, 0) is 36.3 Å². The lowest BCUT2D eigenvalue weighted by molar-refractivity contribution is -0.122. The number of rotatable bonds is 4. The SMILES string of the molecule is Cc1c(C=C2SC(=S)N(Cc3ccc4c(c3)OCO4)C2=O)c(N2CCOCC2)n(C)c(=O)c1C#N. The number of nitriles is 1. The van der Waals surface area contributed by atoms with Gasteiger partial charge in [-0.1, -0.05) is 30.0 Å². The first-order chi connectivity index (χ1) is 16.9. The molecule has 4 heterocycles. The van der Waals surface area contributed by atoms with Crippen LogP contribution in [0.15, 0.2) is 27.9 Å². The number of hydrogen-bond acceptors (Lipinski definition) is 9. The van der Waals surface area contributed by atoms with Gasteiger partial charge in [0.15, 0.2) is 11.5 Å². The maximum Gasteiger partial charge on any atom is 0.270 e. The van der Waals surface area contributed by atoms with Crippen molar-refractivity contribution in [3.8, 4) is 17.6 Å². The van der Waals surface area contributed by atoms with Crippen LogP contribution in [0.1, 0.15) is 22.3 Å². The van der Waals surface area contributed by atoms with Crippen molar-refractivity contribution in [1.29, 1.82) is 5.26 Å². The molecule has 1 aromatic carbocycles. The fourth-order valence-electron chi connectivity index (χ4n) is 4.36. The van der Waals surface area contributed by atoms with E-state index in [-0.39, 0.29) is 23.8 Å². The lowest BCUT2D eigenvalue weighted by Crippen LogP contribution is -2.40. The topological polar surface area (TPSA) is 97.0 Å². The average Bonchev–Trinajstić information content (AvgIpc) is 3.43. The van der Waals surface area contributed by atoms with Crippen molar-refractivity contribution in [2.45, 2.75) is 13.5 Å². The zero-order valence-corrected chi connectivity index (χ0v) is 20.8. The van der Waals surface area contributed by atoms with Gasteiger partial charge in [-0.3, -0.25) is 19.1 Å². The number of aromatic nitrogens is 1. The monoisotopic (exact) mass is 510 g/mol. The van der Waals surface area contributed by atoms with Crippen LogP contribution in [-0.2, 0) is 23.1 Å². The molecule has 35 heavy (non-hydrogen) atoms. The third-order valence-electron chi connectivity index (χ3n) is 6.21. The van der Waals surface area contributed by atoms with Crippen molar-refractivity contribution in [1.82, 2.24) is 9.47 Å². The zero-order chi connectivity index (χ0) is 24.7. The number of pyridine rings is 1. The van der Waals surface area contributed by atoms with Crippen molar-refractivity contribution in [3.05, 3.63) is 55.7 Å². The van der Waals surface area contributed by atoms with Crippen LogP contribution in [0.25, 0.3) is 6.08 Å². The number of thiocarbonyl (C=S) groups is 1. The van der Waals surface area contributed by atoms with E-state index in [9.17, 15) is 14.9 Å². The Morgan fingerprint density at radius 3 is 2.69 bits per heavy atom. The van der Waals surface area contributed by atoms with Crippen LogP contribution in [0, 0.1) is 18.3 Å². The molecule has 0 saturated carbocycles. The number of fused-ring (bicyclic) bond motifs is 1. The Kier molecular flexibility index (Phi) is 6.27. The van der Waals surface area contributed by atoms with Crippen molar-refractivity contribution in [3.63, 3.8) is 0 Å². The number of nitrogens with zero attached hydrogens (tertiary/aromatic N) is 4. The third kappa shape index (κ3) is 4.18. The van der Waals surface area contributed by atoms with Crippen LogP contribution in [0.5, 0.6) is 11.5 Å². The van der Waals surface area contributed by atoms with Crippen molar-refractivity contribution in [2.75, 3.05) is 38.0 Å². The van der Waals surface area contributed by atoms with E-state index >= 15 is 0 Å². The van der Waals surface area contributed by atoms with E-state index in [1.807, 2.05) is 24.3 Å². The minimum Gasteiger partial charge on any atom is -0.454 e. The highest BCUT2D eigenvalue weighted by Gasteiger charge is 2.33. The number of carbonyl (C=O) groups excluding carboxylic acids is 1. The minimum absolute atomic E-state index is 0.0617. The second-order valence-electron chi connectivity index (χ2n) is 8.27. The summed E-state index contributed by atoms with van der Waals surface area (Å²) in [5.74, 6) is 1.75. The number of carbonyl (C=O) groups is 1. The second kappa shape index (κ2) is 9.37. The highest BCUT2D eigenvalue weighted by molar-refractivity contribution is 8.26. The Balaban J connectivity index is 1.52. The molecule has 9 nitrogen and oxygen atoms in total. The van der Waals surface area contributed by atoms with E-state index in [0.29, 0.717) is 70.5 Å². The van der Waals surface area contributed by atoms with Crippen molar-refractivity contribution in [2.24, 2.45) is 7.05 Å². The average molecular weight is 511 g/mol. The summed E-state index contributed by atoms with van der Waals surface area (Å²) >= 11 is 6.74. The summed E-state index contributed by atoms with van der Waals surface area (Å²) in [5.41, 5.74) is 1.77. The van der Waals surface area contributed by atoms with Gasteiger partial charge in [0, 0.05) is 25.7 Å². The van der Waals surface area contributed by atoms with Gasteiger partial charge in [-0.25, -0.2) is 0 Å². The molecule has 0 spiro atoms. The number of hydrogen-bond donors (Lipinski definition) is 0. The van der Waals surface area contributed by atoms with Gasteiger partial charge in [0.25, 0.3) is 11.5 Å². The molecule has 2 fully saturated rings. The fraction of sp³-hybridized carbons (Fsp3) is 0.333. The first-order valence-electron chi connectivity index (χ1n) is 11.0. The highest BCUT2D eigenvalue weighted by Crippen LogP contribution is 2.38. The van der Waals surface area contributed by atoms with E-state index in [0.717, 1.165) is 5.56 Å². The summed E-state index contributed by atoms with van der Waals surface area (Å²) in [6.07, 6.45) is 1.75. The van der Waals surface area contributed by atoms with Crippen molar-refractivity contribution < 1.29 is 19.0 Å². The predicted octanol–water partition coefficient (Wildman–Crippen LogP) is 2.53. The summed E-state index contributed by atoms with van der Waals surface area (Å²) in [4.78, 5) is 30.3. The quantitative estimate of drug-likeness (QED) is 0.454. The summed E-state index contributed by atoms with van der Waals surface area (Å²) < 4.78 is 18.2. The van der Waals surface area contributed by atoms with Gasteiger partial charge in [0.05, 0.1) is 24.7 Å². The molecule has 0 radical (unpaired) electrons.